The Hall–Kier alpha value is -3.82. The smallest absolute Gasteiger partial charge is 0.255 e. The molecule has 0 amide bonds. The van der Waals surface area contributed by atoms with Crippen LogP contribution in [0.4, 0.5) is 11.4 Å². The van der Waals surface area contributed by atoms with Gasteiger partial charge in [0.25, 0.3) is 5.56 Å². The van der Waals surface area contributed by atoms with E-state index >= 15 is 0 Å². The van der Waals surface area contributed by atoms with Gasteiger partial charge >= 0.3 is 0 Å². The lowest BCUT2D eigenvalue weighted by Crippen LogP contribution is -2.46. The highest BCUT2D eigenvalue weighted by Gasteiger charge is 2.17. The standard InChI is InChI=1S/C29H31N5O/c1-30-24-9-14-28-27(21-24)23(22-31-28)7-3-2-5-15-32-17-19-33(20-18-32)25-10-12-26(13-11-25)34-16-6-4-8-29(34)35/h4,6,8-14,16,21-22,31H,2-3,5,7,15,17-20H2. The average molecular weight is 466 g/mol. The predicted molar refractivity (Wildman–Crippen MR) is 143 cm³/mol. The largest absolute Gasteiger partial charge is 0.369 e. The lowest BCUT2D eigenvalue weighted by Gasteiger charge is -2.36. The molecule has 0 radical (unpaired) electrons. The number of benzene rings is 2. The van der Waals surface area contributed by atoms with E-state index < -0.39 is 0 Å². The molecular weight excluding hydrogens is 434 g/mol. The van der Waals surface area contributed by atoms with Gasteiger partial charge in [0.1, 0.15) is 0 Å². The van der Waals surface area contributed by atoms with Crippen molar-refractivity contribution in [1.82, 2.24) is 14.5 Å². The topological polar surface area (TPSA) is 48.6 Å². The van der Waals surface area contributed by atoms with E-state index in [0.29, 0.717) is 5.69 Å². The Morgan fingerprint density at radius 1 is 0.886 bits per heavy atom. The number of aromatic amines is 1. The maximum atomic E-state index is 12.0. The van der Waals surface area contributed by atoms with Crippen LogP contribution in [0.1, 0.15) is 24.8 Å². The van der Waals surface area contributed by atoms with Gasteiger partial charge in [0.2, 0.25) is 0 Å². The molecule has 1 saturated heterocycles. The van der Waals surface area contributed by atoms with E-state index in [1.165, 1.54) is 35.9 Å². The van der Waals surface area contributed by atoms with E-state index in [0.717, 1.165) is 50.3 Å². The second kappa shape index (κ2) is 10.6. The fourth-order valence-corrected chi connectivity index (χ4v) is 4.96. The quantitative estimate of drug-likeness (QED) is 0.280. The number of pyridine rings is 1. The van der Waals surface area contributed by atoms with Gasteiger partial charge in [-0.2, -0.15) is 0 Å². The summed E-state index contributed by atoms with van der Waals surface area (Å²) in [5.41, 5.74) is 5.26. The van der Waals surface area contributed by atoms with E-state index in [1.54, 1.807) is 16.7 Å². The molecule has 6 heteroatoms. The van der Waals surface area contributed by atoms with E-state index in [1.807, 2.05) is 42.6 Å². The number of hydrogen-bond donors (Lipinski definition) is 1. The van der Waals surface area contributed by atoms with Crippen molar-refractivity contribution in [3.63, 3.8) is 0 Å². The summed E-state index contributed by atoms with van der Waals surface area (Å²) in [5.74, 6) is 0. The van der Waals surface area contributed by atoms with Crippen LogP contribution in [-0.2, 0) is 6.42 Å². The minimum absolute atomic E-state index is 0.00968. The van der Waals surface area contributed by atoms with E-state index in [9.17, 15) is 4.79 Å². The summed E-state index contributed by atoms with van der Waals surface area (Å²) in [7, 11) is 0. The van der Waals surface area contributed by atoms with Crippen molar-refractivity contribution in [2.45, 2.75) is 25.7 Å². The molecule has 5 rings (SSSR count). The molecule has 1 N–H and O–H groups in total. The van der Waals surface area contributed by atoms with Gasteiger partial charge in [-0.3, -0.25) is 14.3 Å². The van der Waals surface area contributed by atoms with Crippen LogP contribution in [0, 0.1) is 6.57 Å². The van der Waals surface area contributed by atoms with Crippen molar-refractivity contribution < 1.29 is 0 Å². The summed E-state index contributed by atoms with van der Waals surface area (Å²) in [6, 6.07) is 19.4. The number of rotatable bonds is 8. The van der Waals surface area contributed by atoms with E-state index in [4.69, 9.17) is 6.57 Å². The number of nitrogens with zero attached hydrogens (tertiary/aromatic N) is 4. The molecule has 0 unspecified atom stereocenters. The second-order valence-corrected chi connectivity index (χ2v) is 9.22. The number of H-pyrrole nitrogens is 1. The zero-order valence-corrected chi connectivity index (χ0v) is 20.0. The van der Waals surface area contributed by atoms with Crippen LogP contribution in [-0.4, -0.2) is 47.2 Å². The fourth-order valence-electron chi connectivity index (χ4n) is 4.96. The average Bonchev–Trinajstić information content (AvgIpc) is 3.31. The zero-order chi connectivity index (χ0) is 24.0. The maximum Gasteiger partial charge on any atom is 0.255 e. The minimum Gasteiger partial charge on any atom is -0.369 e. The van der Waals surface area contributed by atoms with Gasteiger partial charge in [-0.05, 0) is 79.2 Å². The van der Waals surface area contributed by atoms with Gasteiger partial charge in [0.15, 0.2) is 5.69 Å². The fraction of sp³-hybridized carbons (Fsp3) is 0.310. The number of piperazine rings is 1. The summed E-state index contributed by atoms with van der Waals surface area (Å²) in [5, 5.41) is 1.19. The van der Waals surface area contributed by atoms with Crippen LogP contribution in [0.25, 0.3) is 21.4 Å². The van der Waals surface area contributed by atoms with Crippen LogP contribution in [0.5, 0.6) is 0 Å². The molecule has 0 aliphatic carbocycles. The van der Waals surface area contributed by atoms with Gasteiger partial charge in [-0.25, -0.2) is 4.85 Å². The molecule has 35 heavy (non-hydrogen) atoms. The van der Waals surface area contributed by atoms with Crippen LogP contribution >= 0.6 is 0 Å². The molecule has 0 bridgehead atoms. The highest BCUT2D eigenvalue weighted by molar-refractivity contribution is 5.86. The number of hydrogen-bond acceptors (Lipinski definition) is 3. The van der Waals surface area contributed by atoms with Gasteiger partial charge in [-0.15, -0.1) is 0 Å². The van der Waals surface area contributed by atoms with Crippen molar-refractivity contribution in [1.29, 1.82) is 0 Å². The lowest BCUT2D eigenvalue weighted by molar-refractivity contribution is 0.252. The van der Waals surface area contributed by atoms with E-state index in [2.05, 4.69) is 38.0 Å². The predicted octanol–water partition coefficient (Wildman–Crippen LogP) is 5.40. The van der Waals surface area contributed by atoms with Crippen LogP contribution < -0.4 is 10.5 Å². The molecule has 2 aromatic carbocycles. The molecule has 178 valence electrons. The Bertz CT molecular complexity index is 1370. The van der Waals surface area contributed by atoms with Gasteiger partial charge < -0.3 is 9.88 Å². The molecule has 4 aromatic rings. The molecule has 6 nitrogen and oxygen atoms in total. The van der Waals surface area contributed by atoms with Crippen LogP contribution in [0.3, 0.4) is 0 Å². The minimum atomic E-state index is -0.00968. The summed E-state index contributed by atoms with van der Waals surface area (Å²) in [6.07, 6.45) is 8.57. The number of anilines is 1. The first-order valence-corrected chi connectivity index (χ1v) is 12.4. The molecule has 0 saturated carbocycles. The highest BCUT2D eigenvalue weighted by Crippen LogP contribution is 2.25. The second-order valence-electron chi connectivity index (χ2n) is 9.22. The third kappa shape index (κ3) is 5.31. The first-order valence-electron chi connectivity index (χ1n) is 12.4. The van der Waals surface area contributed by atoms with Crippen molar-refractivity contribution in [3.8, 4) is 5.69 Å². The van der Waals surface area contributed by atoms with Gasteiger partial charge in [-0.1, -0.05) is 18.6 Å². The molecule has 1 aliphatic rings. The molecule has 1 fully saturated rings. The molecule has 3 heterocycles. The third-order valence-corrected chi connectivity index (χ3v) is 6.99. The normalized spacial score (nSPS) is 14.3. The lowest BCUT2D eigenvalue weighted by atomic mass is 10.1. The number of unbranched alkanes of at least 4 members (excludes halogenated alkanes) is 2. The summed E-state index contributed by atoms with van der Waals surface area (Å²) in [6.45, 7) is 12.6. The number of nitrogens with one attached hydrogen (secondary N) is 1. The Kier molecular flexibility index (Phi) is 6.97. The van der Waals surface area contributed by atoms with Crippen molar-refractivity contribution >= 4 is 22.3 Å². The third-order valence-electron chi connectivity index (χ3n) is 6.99. The Balaban J connectivity index is 1.05. The van der Waals surface area contributed by atoms with Crippen molar-refractivity contribution in [3.05, 3.63) is 100 Å². The number of fused-ring (bicyclic) bond motifs is 1. The molecule has 1 aliphatic heterocycles. The summed E-state index contributed by atoms with van der Waals surface area (Å²) in [4.78, 5) is 23.9. The SMILES string of the molecule is [C-]#[N+]c1ccc2[nH]cc(CCCCCN3CCN(c4ccc(-n5ccccc5=O)cc4)CC3)c2c1. The van der Waals surface area contributed by atoms with Crippen molar-refractivity contribution in [2.75, 3.05) is 37.6 Å². The van der Waals surface area contributed by atoms with E-state index in [-0.39, 0.29) is 5.56 Å². The first kappa shape index (κ1) is 22.9. The molecular formula is C29H31N5O. The van der Waals surface area contributed by atoms with Crippen LogP contribution in [0.15, 0.2) is 77.9 Å². The Labute approximate surface area is 206 Å². The molecule has 0 spiro atoms. The molecule has 0 atom stereocenters. The van der Waals surface area contributed by atoms with Crippen molar-refractivity contribution in [2.24, 2.45) is 0 Å². The van der Waals surface area contributed by atoms with Crippen LogP contribution in [0.2, 0.25) is 0 Å². The highest BCUT2D eigenvalue weighted by atomic mass is 16.1. The number of aryl methyl sites for hydroxylation is 1. The zero-order valence-electron chi connectivity index (χ0n) is 20.0. The first-order chi connectivity index (χ1) is 17.2. The maximum absolute atomic E-state index is 12.0. The summed E-state index contributed by atoms with van der Waals surface area (Å²) >= 11 is 0. The monoisotopic (exact) mass is 465 g/mol. The van der Waals surface area contributed by atoms with Gasteiger partial charge in [0.05, 0.1) is 6.57 Å². The summed E-state index contributed by atoms with van der Waals surface area (Å²) < 4.78 is 1.67. The Morgan fingerprint density at radius 2 is 1.69 bits per heavy atom. The number of aromatic nitrogens is 2. The Morgan fingerprint density at radius 3 is 2.46 bits per heavy atom. The molecule has 2 aromatic heterocycles. The van der Waals surface area contributed by atoms with Gasteiger partial charge in [0, 0.05) is 61.5 Å².